The number of nitrogens with one attached hydrogen (secondary N) is 2. The highest BCUT2D eigenvalue weighted by Crippen LogP contribution is 2.17. The maximum Gasteiger partial charge on any atom is 0.251 e. The number of rotatable bonds is 10. The molecule has 0 aliphatic heterocycles. The molecule has 2 N–H and O–H groups in total. The van der Waals surface area contributed by atoms with Gasteiger partial charge in [0.05, 0.1) is 4.90 Å². The summed E-state index contributed by atoms with van der Waals surface area (Å²) in [6.45, 7) is 11.0. The van der Waals surface area contributed by atoms with Crippen LogP contribution in [0, 0.1) is 6.92 Å². The number of sulfonamides is 1. The van der Waals surface area contributed by atoms with Crippen LogP contribution in [0.1, 0.15) is 62.9 Å². The van der Waals surface area contributed by atoms with Gasteiger partial charge in [-0.25, -0.2) is 13.1 Å². The highest BCUT2D eigenvalue weighted by molar-refractivity contribution is 7.89. The minimum absolute atomic E-state index is 0.0890. The van der Waals surface area contributed by atoms with Crippen molar-refractivity contribution in [3.63, 3.8) is 0 Å². The number of carbonyl (C=O) groups is 1. The molecular weight excluding hydrogens is 352 g/mol. The fourth-order valence-electron chi connectivity index (χ4n) is 2.29. The molecule has 1 rings (SSSR count). The van der Waals surface area contributed by atoms with Gasteiger partial charge in [-0.2, -0.15) is 0 Å². The van der Waals surface area contributed by atoms with Crippen LogP contribution in [0.2, 0.25) is 0 Å². The minimum Gasteiger partial charge on any atom is -0.381 e. The van der Waals surface area contributed by atoms with Gasteiger partial charge < -0.3 is 10.1 Å². The van der Waals surface area contributed by atoms with Gasteiger partial charge in [0.1, 0.15) is 0 Å². The summed E-state index contributed by atoms with van der Waals surface area (Å²) in [6.07, 6.45) is 2.85. The first-order valence-corrected chi connectivity index (χ1v) is 10.6. The van der Waals surface area contributed by atoms with Gasteiger partial charge in [-0.15, -0.1) is 0 Å². The first-order valence-electron chi connectivity index (χ1n) is 9.07. The van der Waals surface area contributed by atoms with Crippen molar-refractivity contribution in [1.82, 2.24) is 10.0 Å². The second kappa shape index (κ2) is 10.0. The number of ether oxygens (including phenoxy) is 1. The topological polar surface area (TPSA) is 84.5 Å². The zero-order chi connectivity index (χ0) is 19.8. The Bertz CT molecular complexity index is 694. The lowest BCUT2D eigenvalue weighted by Crippen LogP contribution is -2.40. The van der Waals surface area contributed by atoms with Crippen LogP contribution < -0.4 is 10.0 Å². The Morgan fingerprint density at radius 3 is 2.42 bits per heavy atom. The van der Waals surface area contributed by atoms with E-state index in [0.29, 0.717) is 18.7 Å². The molecule has 26 heavy (non-hydrogen) atoms. The monoisotopic (exact) mass is 384 g/mol. The SMILES string of the molecule is CCCCOCCCNC(=O)c1cc(S(=O)(=O)NC(C)(C)C)ccc1C. The van der Waals surface area contributed by atoms with E-state index in [-0.39, 0.29) is 10.8 Å². The van der Waals surface area contributed by atoms with E-state index in [4.69, 9.17) is 4.74 Å². The number of hydrogen-bond acceptors (Lipinski definition) is 4. The van der Waals surface area contributed by atoms with E-state index in [2.05, 4.69) is 17.0 Å². The molecule has 0 saturated heterocycles. The van der Waals surface area contributed by atoms with Gasteiger partial charge in [0, 0.05) is 30.9 Å². The molecule has 0 unspecified atom stereocenters. The van der Waals surface area contributed by atoms with E-state index in [0.717, 1.165) is 31.4 Å². The summed E-state index contributed by atoms with van der Waals surface area (Å²) in [5, 5.41) is 2.82. The highest BCUT2D eigenvalue weighted by Gasteiger charge is 2.23. The van der Waals surface area contributed by atoms with E-state index in [1.165, 1.54) is 12.1 Å². The van der Waals surface area contributed by atoms with Crippen LogP contribution in [0.15, 0.2) is 23.1 Å². The van der Waals surface area contributed by atoms with Crippen LogP contribution in [0.3, 0.4) is 0 Å². The third-order valence-electron chi connectivity index (χ3n) is 3.60. The Labute approximate surface area is 157 Å². The fraction of sp³-hybridized carbons (Fsp3) is 0.632. The van der Waals surface area contributed by atoms with Crippen molar-refractivity contribution < 1.29 is 17.9 Å². The van der Waals surface area contributed by atoms with Gasteiger partial charge in [0.2, 0.25) is 10.0 Å². The molecule has 0 aliphatic carbocycles. The zero-order valence-electron chi connectivity index (χ0n) is 16.5. The average molecular weight is 385 g/mol. The van der Waals surface area contributed by atoms with Crippen LogP contribution in [0.4, 0.5) is 0 Å². The summed E-state index contributed by atoms with van der Waals surface area (Å²) in [7, 11) is -3.68. The standard InChI is InChI=1S/C19H32N2O4S/c1-6-7-12-25-13-8-11-20-18(22)17-14-16(10-9-15(17)2)26(23,24)21-19(3,4)5/h9-10,14,21H,6-8,11-13H2,1-5H3,(H,20,22). The first-order chi connectivity index (χ1) is 12.1. The van der Waals surface area contributed by atoms with E-state index < -0.39 is 15.6 Å². The lowest BCUT2D eigenvalue weighted by molar-refractivity contribution is 0.0939. The van der Waals surface area contributed by atoms with Crippen LogP contribution in [-0.2, 0) is 14.8 Å². The highest BCUT2D eigenvalue weighted by atomic mass is 32.2. The van der Waals surface area contributed by atoms with Gasteiger partial charge >= 0.3 is 0 Å². The Balaban J connectivity index is 2.70. The van der Waals surface area contributed by atoms with Crippen molar-refractivity contribution in [2.45, 2.75) is 64.3 Å². The zero-order valence-corrected chi connectivity index (χ0v) is 17.3. The normalized spacial score (nSPS) is 12.2. The molecule has 0 fully saturated rings. The molecule has 7 heteroatoms. The maximum absolute atomic E-state index is 12.5. The van der Waals surface area contributed by atoms with E-state index in [1.807, 2.05) is 0 Å². The van der Waals surface area contributed by atoms with Crippen molar-refractivity contribution in [1.29, 1.82) is 0 Å². The summed E-state index contributed by atoms with van der Waals surface area (Å²) in [6, 6.07) is 4.60. The molecule has 0 radical (unpaired) electrons. The molecule has 6 nitrogen and oxygen atoms in total. The Morgan fingerprint density at radius 2 is 1.81 bits per heavy atom. The molecule has 1 aromatic rings. The second-order valence-corrected chi connectivity index (χ2v) is 9.09. The lowest BCUT2D eigenvalue weighted by Gasteiger charge is -2.20. The summed E-state index contributed by atoms with van der Waals surface area (Å²) in [5.74, 6) is -0.274. The number of amides is 1. The van der Waals surface area contributed by atoms with Crippen LogP contribution in [0.5, 0.6) is 0 Å². The quantitative estimate of drug-likeness (QED) is 0.607. The van der Waals surface area contributed by atoms with Gasteiger partial charge in [-0.1, -0.05) is 19.4 Å². The Morgan fingerprint density at radius 1 is 1.15 bits per heavy atom. The number of hydrogen-bond donors (Lipinski definition) is 2. The second-order valence-electron chi connectivity index (χ2n) is 7.41. The molecule has 0 heterocycles. The molecule has 0 aliphatic rings. The van der Waals surface area contributed by atoms with Crippen molar-refractivity contribution >= 4 is 15.9 Å². The largest absolute Gasteiger partial charge is 0.381 e. The van der Waals surface area contributed by atoms with E-state index >= 15 is 0 Å². The predicted molar refractivity (Wildman–Crippen MR) is 104 cm³/mol. The number of carbonyl (C=O) groups excluding carboxylic acids is 1. The minimum atomic E-state index is -3.68. The summed E-state index contributed by atoms with van der Waals surface area (Å²) in [5.41, 5.74) is 0.509. The Kier molecular flexibility index (Phi) is 8.73. The smallest absolute Gasteiger partial charge is 0.251 e. The molecule has 0 spiro atoms. The Hall–Kier alpha value is -1.44. The molecule has 1 amide bonds. The van der Waals surface area contributed by atoms with Crippen molar-refractivity contribution in [2.75, 3.05) is 19.8 Å². The third-order valence-corrected chi connectivity index (χ3v) is 5.35. The lowest BCUT2D eigenvalue weighted by atomic mass is 10.1. The van der Waals surface area contributed by atoms with Gasteiger partial charge in [0.25, 0.3) is 5.91 Å². The van der Waals surface area contributed by atoms with Crippen LogP contribution >= 0.6 is 0 Å². The van der Waals surface area contributed by atoms with Crippen LogP contribution in [0.25, 0.3) is 0 Å². The third kappa shape index (κ3) is 7.85. The maximum atomic E-state index is 12.5. The van der Waals surface area contributed by atoms with Gasteiger partial charge in [-0.3, -0.25) is 4.79 Å². The number of benzene rings is 1. The summed E-state index contributed by atoms with van der Waals surface area (Å²) in [4.78, 5) is 12.5. The van der Waals surface area contributed by atoms with Crippen LogP contribution in [-0.4, -0.2) is 39.6 Å². The van der Waals surface area contributed by atoms with Crippen molar-refractivity contribution in [3.8, 4) is 0 Å². The molecule has 148 valence electrons. The molecular formula is C19H32N2O4S. The summed E-state index contributed by atoms with van der Waals surface area (Å²) >= 11 is 0. The molecule has 1 aromatic carbocycles. The summed E-state index contributed by atoms with van der Waals surface area (Å²) < 4.78 is 33.0. The first kappa shape index (κ1) is 22.6. The number of unbranched alkanes of at least 4 members (excludes halogenated alkanes) is 1. The number of aryl methyl sites for hydroxylation is 1. The van der Waals surface area contributed by atoms with Gasteiger partial charge in [0.15, 0.2) is 0 Å². The molecule has 0 atom stereocenters. The average Bonchev–Trinajstić information content (AvgIpc) is 2.51. The predicted octanol–water partition coefficient (Wildman–Crippen LogP) is 3.01. The van der Waals surface area contributed by atoms with Gasteiger partial charge in [-0.05, 0) is 58.2 Å². The molecule has 0 bridgehead atoms. The van der Waals surface area contributed by atoms with E-state index in [9.17, 15) is 13.2 Å². The molecule has 0 saturated carbocycles. The van der Waals surface area contributed by atoms with Crippen molar-refractivity contribution in [3.05, 3.63) is 29.3 Å². The fourth-order valence-corrected chi connectivity index (χ4v) is 3.74. The van der Waals surface area contributed by atoms with Crippen molar-refractivity contribution in [2.24, 2.45) is 0 Å². The van der Waals surface area contributed by atoms with E-state index in [1.54, 1.807) is 33.8 Å². The molecule has 0 aromatic heterocycles.